The monoisotopic (exact) mass is 345 g/mol. The van der Waals surface area contributed by atoms with Crippen molar-refractivity contribution in [2.75, 3.05) is 5.32 Å². The Hall–Kier alpha value is -3.34. The lowest BCUT2D eigenvalue weighted by atomic mass is 10.1. The smallest absolute Gasteiger partial charge is 0.258 e. The Morgan fingerprint density at radius 2 is 1.77 bits per heavy atom. The van der Waals surface area contributed by atoms with Crippen molar-refractivity contribution in [3.8, 4) is 0 Å². The summed E-state index contributed by atoms with van der Waals surface area (Å²) in [5, 5.41) is 5.15. The zero-order chi connectivity index (χ0) is 18.3. The lowest BCUT2D eigenvalue weighted by Crippen LogP contribution is -2.25. The number of nitrogens with zero attached hydrogens (tertiary/aromatic N) is 1. The maximum Gasteiger partial charge on any atom is 0.258 e. The summed E-state index contributed by atoms with van der Waals surface area (Å²) >= 11 is 0. The first-order valence-electron chi connectivity index (χ1n) is 8.57. The largest absolute Gasteiger partial charge is 0.361 e. The van der Waals surface area contributed by atoms with Crippen LogP contribution in [0.3, 0.4) is 0 Å². The molecule has 0 fully saturated rings. The Kier molecular flexibility index (Phi) is 3.84. The van der Waals surface area contributed by atoms with Crippen LogP contribution in [0.5, 0.6) is 0 Å². The minimum Gasteiger partial charge on any atom is -0.361 e. The van der Waals surface area contributed by atoms with Crippen LogP contribution in [0, 0.1) is 0 Å². The van der Waals surface area contributed by atoms with E-state index in [4.69, 9.17) is 0 Å². The highest BCUT2D eigenvalue weighted by molar-refractivity contribution is 6.14. The number of carbonyl (C=O) groups is 1. The van der Waals surface area contributed by atoms with Crippen molar-refractivity contribution in [2.45, 2.75) is 19.9 Å². The van der Waals surface area contributed by atoms with Gasteiger partial charge in [-0.05, 0) is 38.1 Å². The highest BCUT2D eigenvalue weighted by Crippen LogP contribution is 2.24. The number of aromatic amines is 1. The van der Waals surface area contributed by atoms with E-state index in [1.807, 2.05) is 62.5 Å². The number of carbonyl (C=O) groups excluding carboxylic acids is 1. The fourth-order valence-corrected chi connectivity index (χ4v) is 3.26. The Morgan fingerprint density at radius 1 is 1.00 bits per heavy atom. The van der Waals surface area contributed by atoms with Gasteiger partial charge in [-0.15, -0.1) is 0 Å². The number of pyridine rings is 1. The van der Waals surface area contributed by atoms with Gasteiger partial charge >= 0.3 is 0 Å². The summed E-state index contributed by atoms with van der Waals surface area (Å²) in [4.78, 5) is 28.9. The Balaban J connectivity index is 1.85. The number of hydrogen-bond acceptors (Lipinski definition) is 2. The summed E-state index contributed by atoms with van der Waals surface area (Å²) in [6.45, 7) is 3.86. The van der Waals surface area contributed by atoms with E-state index in [-0.39, 0.29) is 17.5 Å². The number of hydrogen-bond donors (Lipinski definition) is 2. The molecule has 4 aromatic rings. The number of fused-ring (bicyclic) bond motifs is 2. The predicted octanol–water partition coefficient (Wildman–Crippen LogP) is 4.32. The number of H-pyrrole nitrogens is 1. The third-order valence-electron chi connectivity index (χ3n) is 4.59. The summed E-state index contributed by atoms with van der Waals surface area (Å²) in [6.07, 6.45) is 3.50. The van der Waals surface area contributed by atoms with Crippen LogP contribution in [0.15, 0.2) is 65.7 Å². The standard InChI is InChI=1S/C21H19N3O2/c1-13(2)24-12-17(14-6-3-4-7-15(14)21(24)26)20(25)23-19-9-5-8-18-16(19)10-11-22-18/h3-13,22H,1-2H3,(H,23,25). The van der Waals surface area contributed by atoms with Crippen molar-refractivity contribution in [3.63, 3.8) is 0 Å². The van der Waals surface area contributed by atoms with E-state index in [1.54, 1.807) is 16.8 Å². The molecule has 0 saturated heterocycles. The fourth-order valence-electron chi connectivity index (χ4n) is 3.26. The van der Waals surface area contributed by atoms with E-state index in [1.165, 1.54) is 0 Å². The van der Waals surface area contributed by atoms with Gasteiger partial charge in [-0.1, -0.05) is 24.3 Å². The summed E-state index contributed by atoms with van der Waals surface area (Å²) in [5.74, 6) is -0.232. The molecular formula is C21H19N3O2. The molecule has 5 nitrogen and oxygen atoms in total. The van der Waals surface area contributed by atoms with Crippen LogP contribution < -0.4 is 10.9 Å². The molecule has 4 rings (SSSR count). The summed E-state index contributed by atoms with van der Waals surface area (Å²) in [6, 6.07) is 14.8. The van der Waals surface area contributed by atoms with Crippen LogP contribution in [-0.2, 0) is 0 Å². The van der Waals surface area contributed by atoms with Crippen LogP contribution in [-0.4, -0.2) is 15.5 Å². The molecule has 0 saturated carbocycles. The second kappa shape index (κ2) is 6.19. The highest BCUT2D eigenvalue weighted by atomic mass is 16.2. The van der Waals surface area contributed by atoms with Gasteiger partial charge in [0, 0.05) is 40.1 Å². The molecule has 1 amide bonds. The summed E-state index contributed by atoms with van der Waals surface area (Å²) in [5.41, 5.74) is 2.10. The molecule has 0 spiro atoms. The van der Waals surface area contributed by atoms with Gasteiger partial charge in [-0.3, -0.25) is 9.59 Å². The van der Waals surface area contributed by atoms with E-state index in [0.29, 0.717) is 16.3 Å². The van der Waals surface area contributed by atoms with Crippen molar-refractivity contribution >= 4 is 33.3 Å². The van der Waals surface area contributed by atoms with Crippen molar-refractivity contribution < 1.29 is 4.79 Å². The van der Waals surface area contributed by atoms with Gasteiger partial charge in [0.2, 0.25) is 0 Å². The molecule has 2 aromatic heterocycles. The minimum atomic E-state index is -0.232. The Morgan fingerprint density at radius 3 is 2.54 bits per heavy atom. The first kappa shape index (κ1) is 16.1. The molecule has 0 aliphatic rings. The second-order valence-corrected chi connectivity index (χ2v) is 6.59. The average molecular weight is 345 g/mol. The normalized spacial score (nSPS) is 11.3. The predicted molar refractivity (Wildman–Crippen MR) is 105 cm³/mol. The molecule has 0 unspecified atom stereocenters. The van der Waals surface area contributed by atoms with Crippen LogP contribution in [0.2, 0.25) is 0 Å². The molecule has 0 aliphatic heterocycles. The number of rotatable bonds is 3. The first-order valence-corrected chi connectivity index (χ1v) is 8.57. The third kappa shape index (κ3) is 2.58. The maximum atomic E-state index is 13.0. The summed E-state index contributed by atoms with van der Waals surface area (Å²) < 4.78 is 1.61. The molecule has 5 heteroatoms. The molecule has 0 bridgehead atoms. The van der Waals surface area contributed by atoms with Crippen molar-refractivity contribution in [1.29, 1.82) is 0 Å². The van der Waals surface area contributed by atoms with E-state index < -0.39 is 0 Å². The van der Waals surface area contributed by atoms with Gasteiger partial charge in [-0.2, -0.15) is 0 Å². The number of nitrogens with one attached hydrogen (secondary N) is 2. The SMILES string of the molecule is CC(C)n1cc(C(=O)Nc2cccc3[nH]ccc23)c2ccccc2c1=O. The van der Waals surface area contributed by atoms with Crippen molar-refractivity contribution in [1.82, 2.24) is 9.55 Å². The van der Waals surface area contributed by atoms with Crippen molar-refractivity contribution in [2.24, 2.45) is 0 Å². The molecule has 0 aliphatic carbocycles. The molecule has 130 valence electrons. The number of amides is 1. The van der Waals surface area contributed by atoms with E-state index in [2.05, 4.69) is 10.3 Å². The minimum absolute atomic E-state index is 0.0354. The molecular weight excluding hydrogens is 326 g/mol. The zero-order valence-corrected chi connectivity index (χ0v) is 14.6. The lowest BCUT2D eigenvalue weighted by molar-refractivity contribution is 0.102. The van der Waals surface area contributed by atoms with Gasteiger partial charge in [0.25, 0.3) is 11.5 Å². The van der Waals surface area contributed by atoms with Crippen LogP contribution >= 0.6 is 0 Å². The van der Waals surface area contributed by atoms with Crippen LogP contribution in [0.25, 0.3) is 21.7 Å². The molecule has 2 heterocycles. The van der Waals surface area contributed by atoms with Gasteiger partial charge < -0.3 is 14.9 Å². The average Bonchev–Trinajstić information content (AvgIpc) is 3.11. The van der Waals surface area contributed by atoms with Crippen LogP contribution in [0.4, 0.5) is 5.69 Å². The van der Waals surface area contributed by atoms with Gasteiger partial charge in [0.1, 0.15) is 0 Å². The van der Waals surface area contributed by atoms with E-state index in [9.17, 15) is 9.59 Å². The fraction of sp³-hybridized carbons (Fsp3) is 0.143. The third-order valence-corrected chi connectivity index (χ3v) is 4.59. The summed E-state index contributed by atoms with van der Waals surface area (Å²) in [7, 11) is 0. The first-order chi connectivity index (χ1) is 12.6. The van der Waals surface area contributed by atoms with Crippen LogP contribution in [0.1, 0.15) is 30.2 Å². The Bertz CT molecular complexity index is 1180. The van der Waals surface area contributed by atoms with Crippen molar-refractivity contribution in [3.05, 3.63) is 76.8 Å². The number of anilines is 1. The number of aromatic nitrogens is 2. The lowest BCUT2D eigenvalue weighted by Gasteiger charge is -2.15. The maximum absolute atomic E-state index is 13.0. The second-order valence-electron chi connectivity index (χ2n) is 6.59. The van der Waals surface area contributed by atoms with E-state index >= 15 is 0 Å². The molecule has 2 aromatic carbocycles. The van der Waals surface area contributed by atoms with Gasteiger partial charge in [0.05, 0.1) is 11.3 Å². The number of benzene rings is 2. The quantitative estimate of drug-likeness (QED) is 0.581. The zero-order valence-electron chi connectivity index (χ0n) is 14.6. The Labute approximate surface area is 150 Å². The molecule has 0 atom stereocenters. The van der Waals surface area contributed by atoms with Gasteiger partial charge in [0.15, 0.2) is 0 Å². The molecule has 0 radical (unpaired) electrons. The highest BCUT2D eigenvalue weighted by Gasteiger charge is 2.16. The molecule has 2 N–H and O–H groups in total. The topological polar surface area (TPSA) is 66.9 Å². The van der Waals surface area contributed by atoms with E-state index in [0.717, 1.165) is 16.6 Å². The van der Waals surface area contributed by atoms with Gasteiger partial charge in [-0.25, -0.2) is 0 Å². The molecule has 26 heavy (non-hydrogen) atoms.